The fourth-order valence-electron chi connectivity index (χ4n) is 2.94. The van der Waals surface area contributed by atoms with Crippen LogP contribution in [0.1, 0.15) is 27.7 Å². The highest BCUT2D eigenvalue weighted by atomic mass is 16.2. The summed E-state index contributed by atoms with van der Waals surface area (Å²) in [5.74, 6) is 1.26. The number of likely N-dealkylation sites (N-methyl/N-ethyl adjacent to an activating group) is 2. The van der Waals surface area contributed by atoms with Crippen molar-refractivity contribution >= 4 is 5.91 Å². The molecule has 5 heteroatoms. The Morgan fingerprint density at radius 2 is 1.22 bits per heavy atom. The molecule has 2 heterocycles. The normalized spacial score (nSPS) is 21.5. The molecular formula is C18H38N4O. The lowest BCUT2D eigenvalue weighted by atomic mass is 10.2. The van der Waals surface area contributed by atoms with Crippen molar-refractivity contribution in [2.24, 2.45) is 11.8 Å². The lowest BCUT2D eigenvalue weighted by Crippen LogP contribution is -2.48. The van der Waals surface area contributed by atoms with E-state index in [1.54, 1.807) is 0 Å². The van der Waals surface area contributed by atoms with Gasteiger partial charge in [0.15, 0.2) is 0 Å². The van der Waals surface area contributed by atoms with Gasteiger partial charge in [-0.25, -0.2) is 0 Å². The molecule has 0 atom stereocenters. The first kappa shape index (κ1) is 20.4. The van der Waals surface area contributed by atoms with Crippen molar-refractivity contribution in [3.8, 4) is 0 Å². The Balaban J connectivity index is 0.000000231. The molecule has 0 aliphatic carbocycles. The van der Waals surface area contributed by atoms with E-state index in [0.29, 0.717) is 5.91 Å². The maximum absolute atomic E-state index is 11.5. The van der Waals surface area contributed by atoms with E-state index in [0.717, 1.165) is 32.1 Å². The molecule has 0 spiro atoms. The monoisotopic (exact) mass is 326 g/mol. The lowest BCUT2D eigenvalue weighted by Gasteiger charge is -2.33. The molecule has 2 aliphatic rings. The van der Waals surface area contributed by atoms with Gasteiger partial charge in [0.1, 0.15) is 0 Å². The largest absolute Gasteiger partial charge is 0.340 e. The lowest BCUT2D eigenvalue weighted by molar-refractivity contribution is -0.136. The summed E-state index contributed by atoms with van der Waals surface area (Å²) in [7, 11) is 4.30. The Bertz CT molecular complexity index is 330. The minimum Gasteiger partial charge on any atom is -0.340 e. The van der Waals surface area contributed by atoms with E-state index >= 15 is 0 Å². The molecule has 0 unspecified atom stereocenters. The summed E-state index contributed by atoms with van der Waals surface area (Å²) < 4.78 is 0. The number of nitrogens with zero attached hydrogens (tertiary/aromatic N) is 4. The molecule has 136 valence electrons. The Hall–Kier alpha value is -0.650. The van der Waals surface area contributed by atoms with Gasteiger partial charge in [-0.05, 0) is 20.0 Å². The van der Waals surface area contributed by atoms with Crippen LogP contribution in [0.5, 0.6) is 0 Å². The summed E-state index contributed by atoms with van der Waals surface area (Å²) in [5, 5.41) is 0. The summed E-state index contributed by atoms with van der Waals surface area (Å²) >= 11 is 0. The molecule has 5 nitrogen and oxygen atoms in total. The molecule has 0 radical (unpaired) electrons. The summed E-state index contributed by atoms with van der Waals surface area (Å²) in [4.78, 5) is 20.7. The first-order valence-corrected chi connectivity index (χ1v) is 9.17. The molecule has 0 saturated carbocycles. The van der Waals surface area contributed by atoms with Crippen molar-refractivity contribution in [3.63, 3.8) is 0 Å². The molecule has 0 aromatic heterocycles. The van der Waals surface area contributed by atoms with E-state index in [9.17, 15) is 4.79 Å². The Labute approximate surface area is 143 Å². The second-order valence-corrected chi connectivity index (χ2v) is 7.78. The van der Waals surface area contributed by atoms with Gasteiger partial charge in [0.25, 0.3) is 0 Å². The van der Waals surface area contributed by atoms with E-state index in [1.165, 1.54) is 32.7 Å². The quantitative estimate of drug-likeness (QED) is 0.782. The Kier molecular flexibility index (Phi) is 9.10. The highest BCUT2D eigenvalue weighted by molar-refractivity contribution is 5.78. The van der Waals surface area contributed by atoms with Gasteiger partial charge >= 0.3 is 0 Å². The standard InChI is InChI=1S/C9H18N2O.C9H20N2/c1-8(2)9(12)11-6-4-10(3)5-7-11;1-9(2)8-11-6-4-10(3)5-7-11/h8H,4-7H2,1-3H3;9H,4-8H2,1-3H3. The predicted molar refractivity (Wildman–Crippen MR) is 97.7 cm³/mol. The van der Waals surface area contributed by atoms with Crippen molar-refractivity contribution in [2.75, 3.05) is 73.0 Å². The minimum absolute atomic E-state index is 0.147. The number of hydrogen-bond acceptors (Lipinski definition) is 4. The van der Waals surface area contributed by atoms with Crippen LogP contribution in [0, 0.1) is 11.8 Å². The summed E-state index contributed by atoms with van der Waals surface area (Å²) in [5.41, 5.74) is 0. The van der Waals surface area contributed by atoms with Crippen molar-refractivity contribution in [3.05, 3.63) is 0 Å². The SMILES string of the molecule is CC(C)C(=O)N1CCN(C)CC1.CC(C)CN1CCN(C)CC1. The average molecular weight is 327 g/mol. The van der Waals surface area contributed by atoms with Crippen LogP contribution in [0.4, 0.5) is 0 Å². The molecular weight excluding hydrogens is 288 g/mol. The smallest absolute Gasteiger partial charge is 0.225 e. The summed E-state index contributed by atoms with van der Waals surface area (Å²) in [6.07, 6.45) is 0. The van der Waals surface area contributed by atoms with Crippen LogP contribution in [0.2, 0.25) is 0 Å². The van der Waals surface area contributed by atoms with Crippen LogP contribution < -0.4 is 0 Å². The minimum atomic E-state index is 0.147. The third kappa shape index (κ3) is 8.13. The zero-order chi connectivity index (χ0) is 17.4. The maximum atomic E-state index is 11.5. The molecule has 0 aromatic carbocycles. The third-order valence-corrected chi connectivity index (χ3v) is 4.53. The van der Waals surface area contributed by atoms with E-state index in [1.807, 2.05) is 18.7 Å². The van der Waals surface area contributed by atoms with Gasteiger partial charge in [0.2, 0.25) is 5.91 Å². The number of amides is 1. The molecule has 0 aromatic rings. The average Bonchev–Trinajstić information content (AvgIpc) is 2.50. The zero-order valence-corrected chi connectivity index (χ0v) is 16.2. The Morgan fingerprint density at radius 3 is 1.61 bits per heavy atom. The highest BCUT2D eigenvalue weighted by Crippen LogP contribution is 2.05. The van der Waals surface area contributed by atoms with E-state index < -0.39 is 0 Å². The van der Waals surface area contributed by atoms with Gasteiger partial charge in [0, 0.05) is 64.8 Å². The number of carbonyl (C=O) groups excluding carboxylic acids is 1. The summed E-state index contributed by atoms with van der Waals surface area (Å²) in [6.45, 7) is 18.6. The fourth-order valence-corrected chi connectivity index (χ4v) is 2.94. The van der Waals surface area contributed by atoms with Crippen molar-refractivity contribution < 1.29 is 4.79 Å². The van der Waals surface area contributed by atoms with Crippen molar-refractivity contribution in [1.29, 1.82) is 0 Å². The van der Waals surface area contributed by atoms with Gasteiger partial charge in [-0.3, -0.25) is 4.79 Å². The van der Waals surface area contributed by atoms with Crippen LogP contribution in [0.15, 0.2) is 0 Å². The molecule has 0 bridgehead atoms. The Morgan fingerprint density at radius 1 is 0.783 bits per heavy atom. The van der Waals surface area contributed by atoms with Crippen LogP contribution in [0.25, 0.3) is 0 Å². The number of piperazine rings is 2. The van der Waals surface area contributed by atoms with E-state index in [2.05, 4.69) is 42.6 Å². The van der Waals surface area contributed by atoms with Crippen LogP contribution in [0.3, 0.4) is 0 Å². The molecule has 0 N–H and O–H groups in total. The predicted octanol–water partition coefficient (Wildman–Crippen LogP) is 1.31. The van der Waals surface area contributed by atoms with Crippen molar-refractivity contribution in [1.82, 2.24) is 19.6 Å². The topological polar surface area (TPSA) is 30.0 Å². The highest BCUT2D eigenvalue weighted by Gasteiger charge is 2.20. The van der Waals surface area contributed by atoms with Crippen LogP contribution >= 0.6 is 0 Å². The molecule has 1 amide bonds. The number of carbonyl (C=O) groups is 1. The fraction of sp³-hybridized carbons (Fsp3) is 0.944. The third-order valence-electron chi connectivity index (χ3n) is 4.53. The van der Waals surface area contributed by atoms with Gasteiger partial charge < -0.3 is 19.6 Å². The molecule has 2 fully saturated rings. The first-order valence-electron chi connectivity index (χ1n) is 9.17. The van der Waals surface area contributed by atoms with E-state index in [-0.39, 0.29) is 5.92 Å². The molecule has 23 heavy (non-hydrogen) atoms. The van der Waals surface area contributed by atoms with Crippen LogP contribution in [-0.2, 0) is 4.79 Å². The molecule has 2 aliphatic heterocycles. The zero-order valence-electron chi connectivity index (χ0n) is 16.2. The second-order valence-electron chi connectivity index (χ2n) is 7.78. The number of rotatable bonds is 3. The van der Waals surface area contributed by atoms with Gasteiger partial charge in [-0.15, -0.1) is 0 Å². The second kappa shape index (κ2) is 10.3. The summed E-state index contributed by atoms with van der Waals surface area (Å²) in [6, 6.07) is 0. The van der Waals surface area contributed by atoms with Gasteiger partial charge in [-0.1, -0.05) is 27.7 Å². The molecule has 2 saturated heterocycles. The van der Waals surface area contributed by atoms with Crippen LogP contribution in [-0.4, -0.2) is 98.5 Å². The number of hydrogen-bond donors (Lipinski definition) is 0. The maximum Gasteiger partial charge on any atom is 0.225 e. The van der Waals surface area contributed by atoms with Gasteiger partial charge in [0.05, 0.1) is 0 Å². The first-order chi connectivity index (χ1) is 10.8. The molecule has 2 rings (SSSR count). The van der Waals surface area contributed by atoms with Crippen molar-refractivity contribution in [2.45, 2.75) is 27.7 Å². The van der Waals surface area contributed by atoms with Gasteiger partial charge in [-0.2, -0.15) is 0 Å². The van der Waals surface area contributed by atoms with E-state index in [4.69, 9.17) is 0 Å².